The van der Waals surface area contributed by atoms with Gasteiger partial charge in [-0.05, 0) is 51.2 Å². The number of rotatable bonds is 3. The van der Waals surface area contributed by atoms with E-state index in [2.05, 4.69) is 43.1 Å². The van der Waals surface area contributed by atoms with Crippen molar-refractivity contribution < 1.29 is 4.74 Å². The van der Waals surface area contributed by atoms with Crippen molar-refractivity contribution in [2.24, 2.45) is 5.73 Å². The second kappa shape index (κ2) is 5.58. The van der Waals surface area contributed by atoms with Crippen molar-refractivity contribution in [1.82, 2.24) is 4.98 Å². The van der Waals surface area contributed by atoms with Crippen LogP contribution in [-0.2, 0) is 11.2 Å². The number of para-hydroxylation sites is 1. The highest BCUT2D eigenvalue weighted by atomic mass is 16.5. The lowest BCUT2D eigenvalue weighted by atomic mass is 9.96. The largest absolute Gasteiger partial charge is 0.369 e. The van der Waals surface area contributed by atoms with Crippen LogP contribution in [0.2, 0.25) is 0 Å². The molecule has 108 valence electrons. The van der Waals surface area contributed by atoms with Gasteiger partial charge < -0.3 is 15.5 Å². The highest BCUT2D eigenvalue weighted by molar-refractivity contribution is 5.84. The van der Waals surface area contributed by atoms with E-state index in [9.17, 15) is 0 Å². The molecule has 3 heteroatoms. The summed E-state index contributed by atoms with van der Waals surface area (Å²) in [5, 5.41) is 1.29. The normalized spacial score (nSPS) is 24.9. The van der Waals surface area contributed by atoms with Crippen LogP contribution in [0, 0.1) is 0 Å². The quantitative estimate of drug-likeness (QED) is 0.895. The zero-order valence-corrected chi connectivity index (χ0v) is 12.4. The molecule has 1 saturated heterocycles. The lowest BCUT2D eigenvalue weighted by Gasteiger charge is -2.28. The average Bonchev–Trinajstić information content (AvgIpc) is 2.77. The Morgan fingerprint density at radius 3 is 2.90 bits per heavy atom. The molecule has 20 heavy (non-hydrogen) atoms. The Morgan fingerprint density at radius 1 is 1.35 bits per heavy atom. The average molecular weight is 272 g/mol. The Labute approximate surface area is 120 Å². The minimum Gasteiger partial charge on any atom is -0.369 e. The number of H-pyrrole nitrogens is 1. The zero-order chi connectivity index (χ0) is 14.1. The van der Waals surface area contributed by atoms with Crippen LogP contribution >= 0.6 is 0 Å². The molecule has 0 aliphatic carbocycles. The van der Waals surface area contributed by atoms with E-state index in [0.717, 1.165) is 12.8 Å². The van der Waals surface area contributed by atoms with Gasteiger partial charge in [0.05, 0.1) is 12.2 Å². The molecule has 0 bridgehead atoms. The monoisotopic (exact) mass is 272 g/mol. The van der Waals surface area contributed by atoms with Gasteiger partial charge in [0.1, 0.15) is 0 Å². The Balaban J connectivity index is 2.04. The Bertz CT molecular complexity index is 588. The molecule has 1 aromatic carbocycles. The summed E-state index contributed by atoms with van der Waals surface area (Å²) in [6.45, 7) is 4.23. The number of fused-ring (bicyclic) bond motifs is 1. The molecule has 2 aromatic rings. The van der Waals surface area contributed by atoms with E-state index in [4.69, 9.17) is 10.5 Å². The Hall–Kier alpha value is -1.32. The minimum atomic E-state index is 0.161. The molecule has 0 radical (unpaired) electrons. The predicted molar refractivity (Wildman–Crippen MR) is 82.8 cm³/mol. The third kappa shape index (κ3) is 2.60. The molecule has 1 aliphatic heterocycles. The maximum atomic E-state index is 6.15. The Morgan fingerprint density at radius 2 is 2.15 bits per heavy atom. The molecule has 1 aromatic heterocycles. The minimum absolute atomic E-state index is 0.161. The van der Waals surface area contributed by atoms with Crippen molar-refractivity contribution in [1.29, 1.82) is 0 Å². The lowest BCUT2D eigenvalue weighted by Crippen LogP contribution is -2.22. The van der Waals surface area contributed by atoms with Crippen molar-refractivity contribution in [3.63, 3.8) is 0 Å². The summed E-state index contributed by atoms with van der Waals surface area (Å²) in [4.78, 5) is 3.58. The fourth-order valence-electron chi connectivity index (χ4n) is 3.26. The second-order valence-electron chi connectivity index (χ2n) is 6.11. The number of nitrogens with two attached hydrogens (primary N) is 1. The number of hydrogen-bond donors (Lipinski definition) is 2. The first-order chi connectivity index (χ1) is 9.65. The van der Waals surface area contributed by atoms with Gasteiger partial charge in [-0.2, -0.15) is 0 Å². The van der Waals surface area contributed by atoms with E-state index in [1.165, 1.54) is 35.0 Å². The van der Waals surface area contributed by atoms with E-state index >= 15 is 0 Å². The van der Waals surface area contributed by atoms with E-state index in [1.807, 2.05) is 0 Å². The molecular weight excluding hydrogens is 248 g/mol. The van der Waals surface area contributed by atoms with E-state index < -0.39 is 0 Å². The van der Waals surface area contributed by atoms with Crippen LogP contribution in [0.4, 0.5) is 0 Å². The van der Waals surface area contributed by atoms with Crippen LogP contribution < -0.4 is 5.73 Å². The number of nitrogens with one attached hydrogen (secondary N) is 1. The number of benzene rings is 1. The summed E-state index contributed by atoms with van der Waals surface area (Å²) in [6.07, 6.45) is 4.94. The fraction of sp³-hybridized carbons (Fsp3) is 0.529. The summed E-state index contributed by atoms with van der Waals surface area (Å²) in [6, 6.07) is 8.64. The predicted octanol–water partition coefficient (Wildman–Crippen LogP) is 3.69. The molecule has 0 saturated carbocycles. The number of ether oxygens (including phenoxy) is 1. The topological polar surface area (TPSA) is 51.0 Å². The van der Waals surface area contributed by atoms with Crippen molar-refractivity contribution >= 4 is 10.9 Å². The van der Waals surface area contributed by atoms with Crippen molar-refractivity contribution in [2.45, 2.75) is 57.8 Å². The molecule has 3 rings (SSSR count). The van der Waals surface area contributed by atoms with Gasteiger partial charge in [-0.1, -0.05) is 18.2 Å². The first-order valence-electron chi connectivity index (χ1n) is 7.65. The van der Waals surface area contributed by atoms with Crippen LogP contribution in [0.3, 0.4) is 0 Å². The van der Waals surface area contributed by atoms with Gasteiger partial charge in [0.15, 0.2) is 0 Å². The van der Waals surface area contributed by atoms with Gasteiger partial charge in [0.2, 0.25) is 0 Å². The summed E-state index contributed by atoms with van der Waals surface area (Å²) < 4.78 is 6.15. The first kappa shape index (κ1) is 13.7. The highest BCUT2D eigenvalue weighted by Crippen LogP contribution is 2.36. The van der Waals surface area contributed by atoms with E-state index in [1.54, 1.807) is 0 Å². The van der Waals surface area contributed by atoms with Crippen LogP contribution in [0.25, 0.3) is 10.9 Å². The third-order valence-corrected chi connectivity index (χ3v) is 4.17. The molecule has 0 spiro atoms. The molecule has 3 unspecified atom stereocenters. The summed E-state index contributed by atoms with van der Waals surface area (Å²) in [5.41, 5.74) is 9.83. The maximum absolute atomic E-state index is 6.15. The molecule has 3 nitrogen and oxygen atoms in total. The highest BCUT2D eigenvalue weighted by Gasteiger charge is 2.25. The van der Waals surface area contributed by atoms with Gasteiger partial charge in [-0.25, -0.2) is 0 Å². The van der Waals surface area contributed by atoms with Crippen molar-refractivity contribution in [3.05, 3.63) is 35.5 Å². The molecule has 3 atom stereocenters. The standard InChI is InChI=1S/C17H24N2O/c1-11(18)10-14-13-7-3-4-8-15(13)19-17(14)16-9-5-6-12(2)20-16/h3-4,7-8,11-12,16,19H,5-6,9-10,18H2,1-2H3. The van der Waals surface area contributed by atoms with Crippen molar-refractivity contribution in [2.75, 3.05) is 0 Å². The number of aromatic nitrogens is 1. The van der Waals surface area contributed by atoms with Crippen LogP contribution in [0.5, 0.6) is 0 Å². The first-order valence-corrected chi connectivity index (χ1v) is 7.65. The van der Waals surface area contributed by atoms with Gasteiger partial charge in [0.25, 0.3) is 0 Å². The summed E-state index contributed by atoms with van der Waals surface area (Å²) >= 11 is 0. The third-order valence-electron chi connectivity index (χ3n) is 4.17. The number of aromatic amines is 1. The second-order valence-corrected chi connectivity index (χ2v) is 6.11. The van der Waals surface area contributed by atoms with E-state index in [0.29, 0.717) is 6.10 Å². The molecule has 0 amide bonds. The van der Waals surface area contributed by atoms with Gasteiger partial charge in [0, 0.05) is 22.6 Å². The molecule has 1 aliphatic rings. The molecule has 1 fully saturated rings. The van der Waals surface area contributed by atoms with Gasteiger partial charge >= 0.3 is 0 Å². The lowest BCUT2D eigenvalue weighted by molar-refractivity contribution is -0.0436. The van der Waals surface area contributed by atoms with Crippen LogP contribution in [0.15, 0.2) is 24.3 Å². The smallest absolute Gasteiger partial charge is 0.0979 e. The van der Waals surface area contributed by atoms with Gasteiger partial charge in [-0.15, -0.1) is 0 Å². The van der Waals surface area contributed by atoms with Crippen molar-refractivity contribution in [3.8, 4) is 0 Å². The summed E-state index contributed by atoms with van der Waals surface area (Å²) in [5.74, 6) is 0. The van der Waals surface area contributed by atoms with Gasteiger partial charge in [-0.3, -0.25) is 0 Å². The van der Waals surface area contributed by atoms with E-state index in [-0.39, 0.29) is 12.1 Å². The molecular formula is C17H24N2O. The molecule has 2 heterocycles. The number of hydrogen-bond acceptors (Lipinski definition) is 2. The fourth-order valence-corrected chi connectivity index (χ4v) is 3.26. The Kier molecular flexibility index (Phi) is 3.81. The maximum Gasteiger partial charge on any atom is 0.0979 e. The summed E-state index contributed by atoms with van der Waals surface area (Å²) in [7, 11) is 0. The zero-order valence-electron chi connectivity index (χ0n) is 12.4. The SMILES string of the molecule is CC(N)Cc1c(C2CCCC(C)O2)[nH]c2ccccc12. The van der Waals surface area contributed by atoms with Crippen LogP contribution in [-0.4, -0.2) is 17.1 Å². The van der Waals surface area contributed by atoms with Crippen LogP contribution in [0.1, 0.15) is 50.5 Å². The molecule has 3 N–H and O–H groups in total.